The summed E-state index contributed by atoms with van der Waals surface area (Å²) >= 11 is 2.94. The Morgan fingerprint density at radius 1 is 1.24 bits per heavy atom. The van der Waals surface area contributed by atoms with Gasteiger partial charge in [-0.2, -0.15) is 0 Å². The lowest BCUT2D eigenvalue weighted by Gasteiger charge is -2.16. The van der Waals surface area contributed by atoms with E-state index < -0.39 is 0 Å². The van der Waals surface area contributed by atoms with Gasteiger partial charge in [-0.05, 0) is 35.7 Å². The number of amides is 2. The van der Waals surface area contributed by atoms with Gasteiger partial charge in [0.1, 0.15) is 11.6 Å². The first-order chi connectivity index (χ1) is 13.9. The summed E-state index contributed by atoms with van der Waals surface area (Å²) in [4.78, 5) is 26.9. The van der Waals surface area contributed by atoms with Gasteiger partial charge in [0.15, 0.2) is 5.16 Å². The Labute approximate surface area is 175 Å². The third-order valence-corrected chi connectivity index (χ3v) is 5.98. The van der Waals surface area contributed by atoms with Crippen LogP contribution in [0.5, 0.6) is 0 Å². The first-order valence-electron chi connectivity index (χ1n) is 8.75. The molecule has 29 heavy (non-hydrogen) atoms. The summed E-state index contributed by atoms with van der Waals surface area (Å²) in [5, 5.41) is 13.6. The van der Waals surface area contributed by atoms with Gasteiger partial charge in [0.2, 0.25) is 11.8 Å². The summed E-state index contributed by atoms with van der Waals surface area (Å²) in [7, 11) is 3.43. The van der Waals surface area contributed by atoms with E-state index in [-0.39, 0.29) is 29.9 Å². The highest BCUT2D eigenvalue weighted by atomic mass is 32.2. The maximum absolute atomic E-state index is 12.9. The molecule has 0 aliphatic heterocycles. The smallest absolute Gasteiger partial charge is 0.243 e. The maximum atomic E-state index is 12.9. The lowest BCUT2D eigenvalue weighted by molar-refractivity contribution is -0.131. The summed E-state index contributed by atoms with van der Waals surface area (Å²) in [6, 6.07) is 9.48. The molecule has 0 atom stereocenters. The van der Waals surface area contributed by atoms with E-state index >= 15 is 0 Å². The molecule has 2 amide bonds. The molecule has 7 nitrogen and oxygen atoms in total. The number of likely N-dealkylation sites (N-methyl/N-ethyl adjacent to an activating group) is 1. The molecule has 0 radical (unpaired) electrons. The number of thioether (sulfide) groups is 1. The Balaban J connectivity index is 1.48. The van der Waals surface area contributed by atoms with E-state index in [9.17, 15) is 14.0 Å². The maximum Gasteiger partial charge on any atom is 0.243 e. The number of anilines is 1. The number of nitrogens with zero attached hydrogens (tertiary/aromatic N) is 4. The molecule has 1 aromatic carbocycles. The van der Waals surface area contributed by atoms with Gasteiger partial charge >= 0.3 is 0 Å². The quantitative estimate of drug-likeness (QED) is 0.553. The van der Waals surface area contributed by atoms with Crippen LogP contribution in [0, 0.1) is 5.82 Å². The third kappa shape index (κ3) is 5.88. The molecular weight excluding hydrogens is 413 g/mol. The van der Waals surface area contributed by atoms with Crippen LogP contribution in [-0.4, -0.2) is 50.8 Å². The molecule has 2 heterocycles. The lowest BCUT2D eigenvalue weighted by Crippen LogP contribution is -2.36. The van der Waals surface area contributed by atoms with Gasteiger partial charge < -0.3 is 14.8 Å². The Morgan fingerprint density at radius 2 is 2.00 bits per heavy atom. The number of halogens is 1. The van der Waals surface area contributed by atoms with Crippen molar-refractivity contribution in [2.24, 2.45) is 7.05 Å². The molecule has 0 aliphatic carbocycles. The molecular formula is C19H20FN5O2S2. The Bertz CT molecular complexity index is 973. The highest BCUT2D eigenvalue weighted by molar-refractivity contribution is 7.99. The second-order valence-electron chi connectivity index (χ2n) is 6.31. The van der Waals surface area contributed by atoms with E-state index in [4.69, 9.17) is 0 Å². The fourth-order valence-corrected chi connectivity index (χ4v) is 4.04. The van der Waals surface area contributed by atoms with E-state index in [2.05, 4.69) is 15.5 Å². The van der Waals surface area contributed by atoms with E-state index in [0.717, 1.165) is 5.82 Å². The molecule has 3 aromatic rings. The highest BCUT2D eigenvalue weighted by Crippen LogP contribution is 2.19. The Kier molecular flexibility index (Phi) is 6.99. The van der Waals surface area contributed by atoms with E-state index in [1.807, 2.05) is 29.1 Å². The number of benzene rings is 1. The average Bonchev–Trinajstić information content (AvgIpc) is 3.32. The first kappa shape index (κ1) is 21.0. The van der Waals surface area contributed by atoms with Crippen molar-refractivity contribution in [3.05, 3.63) is 58.3 Å². The van der Waals surface area contributed by atoms with Crippen molar-refractivity contribution in [2.75, 3.05) is 24.7 Å². The van der Waals surface area contributed by atoms with Crippen LogP contribution in [0.2, 0.25) is 0 Å². The lowest BCUT2D eigenvalue weighted by atomic mass is 10.3. The third-order valence-electron chi connectivity index (χ3n) is 4.10. The van der Waals surface area contributed by atoms with E-state index in [0.29, 0.717) is 17.3 Å². The first-order valence-corrected chi connectivity index (χ1v) is 10.6. The SMILES string of the molecule is CN(CC(=O)Nc1ccc(F)cc1)C(=O)CSc1nnc(Cc2cccs2)n1C. The van der Waals surface area contributed by atoms with Gasteiger partial charge in [-0.1, -0.05) is 17.8 Å². The van der Waals surface area contributed by atoms with Crippen LogP contribution in [0.15, 0.2) is 46.9 Å². The Hall–Kier alpha value is -2.72. The number of rotatable bonds is 8. The van der Waals surface area contributed by atoms with Gasteiger partial charge in [0, 0.05) is 31.1 Å². The fraction of sp³-hybridized carbons (Fsp3) is 0.263. The summed E-state index contributed by atoms with van der Waals surface area (Å²) in [5.41, 5.74) is 0.476. The van der Waals surface area contributed by atoms with Crippen LogP contribution >= 0.6 is 23.1 Å². The van der Waals surface area contributed by atoms with Gasteiger partial charge in [0.05, 0.1) is 12.3 Å². The minimum atomic E-state index is -0.380. The zero-order valence-electron chi connectivity index (χ0n) is 16.0. The standard InChI is InChI=1S/C19H20FN5O2S2/c1-24(11-17(26)21-14-7-5-13(20)6-8-14)18(27)12-29-19-23-22-16(25(19)2)10-15-4-3-9-28-15/h3-9H,10-12H2,1-2H3,(H,21,26). The van der Waals surface area contributed by atoms with E-state index in [1.54, 1.807) is 18.4 Å². The van der Waals surface area contributed by atoms with Crippen molar-refractivity contribution in [3.63, 3.8) is 0 Å². The number of carbonyl (C=O) groups is 2. The molecule has 0 aliphatic rings. The number of hydrogen-bond acceptors (Lipinski definition) is 6. The van der Waals surface area contributed by atoms with Gasteiger partial charge in [-0.3, -0.25) is 9.59 Å². The molecule has 0 saturated heterocycles. The number of hydrogen-bond donors (Lipinski definition) is 1. The van der Waals surface area contributed by atoms with Crippen molar-refractivity contribution in [2.45, 2.75) is 11.6 Å². The van der Waals surface area contributed by atoms with Crippen molar-refractivity contribution < 1.29 is 14.0 Å². The molecule has 1 N–H and O–H groups in total. The molecule has 152 valence electrons. The van der Waals surface area contributed by atoms with Crippen LogP contribution in [0.25, 0.3) is 0 Å². The van der Waals surface area contributed by atoms with Crippen molar-refractivity contribution >= 4 is 40.6 Å². The van der Waals surface area contributed by atoms with Crippen LogP contribution in [-0.2, 0) is 23.1 Å². The summed E-state index contributed by atoms with van der Waals surface area (Å²) < 4.78 is 14.8. The van der Waals surface area contributed by atoms with Crippen LogP contribution < -0.4 is 5.32 Å². The normalized spacial score (nSPS) is 10.7. The average molecular weight is 434 g/mol. The number of aromatic nitrogens is 3. The molecule has 0 saturated carbocycles. The largest absolute Gasteiger partial charge is 0.336 e. The van der Waals surface area contributed by atoms with Crippen molar-refractivity contribution in [1.82, 2.24) is 19.7 Å². The van der Waals surface area contributed by atoms with Crippen molar-refractivity contribution in [1.29, 1.82) is 0 Å². The topological polar surface area (TPSA) is 80.1 Å². The minimum Gasteiger partial charge on any atom is -0.336 e. The van der Waals surface area contributed by atoms with Crippen molar-refractivity contribution in [3.8, 4) is 0 Å². The van der Waals surface area contributed by atoms with Crippen LogP contribution in [0.3, 0.4) is 0 Å². The number of thiophene rings is 1. The Morgan fingerprint density at radius 3 is 2.69 bits per heavy atom. The molecule has 2 aromatic heterocycles. The fourth-order valence-electron chi connectivity index (χ4n) is 2.47. The minimum absolute atomic E-state index is 0.0980. The summed E-state index contributed by atoms with van der Waals surface area (Å²) in [5.74, 6) is 0.0381. The van der Waals surface area contributed by atoms with Gasteiger partial charge in [-0.15, -0.1) is 21.5 Å². The second kappa shape index (κ2) is 9.66. The zero-order chi connectivity index (χ0) is 20.8. The predicted octanol–water partition coefficient (Wildman–Crippen LogP) is 2.80. The number of carbonyl (C=O) groups excluding carboxylic acids is 2. The van der Waals surface area contributed by atoms with Crippen LogP contribution in [0.1, 0.15) is 10.7 Å². The molecule has 0 unspecified atom stereocenters. The molecule has 0 bridgehead atoms. The molecule has 0 spiro atoms. The molecule has 3 rings (SSSR count). The monoisotopic (exact) mass is 433 g/mol. The zero-order valence-corrected chi connectivity index (χ0v) is 17.6. The van der Waals surface area contributed by atoms with Gasteiger partial charge in [-0.25, -0.2) is 4.39 Å². The van der Waals surface area contributed by atoms with E-state index in [1.165, 1.54) is 45.8 Å². The summed E-state index contributed by atoms with van der Waals surface area (Å²) in [6.45, 7) is -0.0980. The number of nitrogens with one attached hydrogen (secondary N) is 1. The predicted molar refractivity (Wildman–Crippen MR) is 112 cm³/mol. The highest BCUT2D eigenvalue weighted by Gasteiger charge is 2.16. The molecule has 10 heteroatoms. The van der Waals surface area contributed by atoms with Gasteiger partial charge in [0.25, 0.3) is 0 Å². The summed E-state index contributed by atoms with van der Waals surface area (Å²) in [6.07, 6.45) is 0.694. The molecule has 0 fully saturated rings. The van der Waals surface area contributed by atoms with Crippen LogP contribution in [0.4, 0.5) is 10.1 Å². The second-order valence-corrected chi connectivity index (χ2v) is 8.28.